The molecule has 0 saturated heterocycles. The van der Waals surface area contributed by atoms with Gasteiger partial charge in [-0.1, -0.05) is 6.42 Å². The quantitative estimate of drug-likeness (QED) is 0.710. The van der Waals surface area contributed by atoms with Crippen molar-refractivity contribution in [2.45, 2.75) is 25.7 Å². The van der Waals surface area contributed by atoms with Gasteiger partial charge in [0.05, 0.1) is 5.84 Å². The van der Waals surface area contributed by atoms with E-state index < -0.39 is 0 Å². The van der Waals surface area contributed by atoms with Crippen molar-refractivity contribution in [3.8, 4) is 0 Å². The SMILES string of the molecule is CN(C)CCNC1=NCCCCC1. The molecule has 0 aromatic carbocycles. The molecule has 76 valence electrons. The average molecular weight is 183 g/mol. The molecular weight excluding hydrogens is 162 g/mol. The van der Waals surface area contributed by atoms with Crippen LogP contribution in [0.4, 0.5) is 0 Å². The maximum atomic E-state index is 4.51. The summed E-state index contributed by atoms with van der Waals surface area (Å²) in [4.78, 5) is 6.69. The van der Waals surface area contributed by atoms with Crippen molar-refractivity contribution in [3.05, 3.63) is 0 Å². The molecule has 0 saturated carbocycles. The monoisotopic (exact) mass is 183 g/mol. The van der Waals surface area contributed by atoms with Gasteiger partial charge in [-0.25, -0.2) is 0 Å². The van der Waals surface area contributed by atoms with Crippen LogP contribution >= 0.6 is 0 Å². The predicted molar refractivity (Wildman–Crippen MR) is 57.3 cm³/mol. The van der Waals surface area contributed by atoms with Gasteiger partial charge in [0, 0.05) is 26.1 Å². The lowest BCUT2D eigenvalue weighted by Gasteiger charge is -2.12. The Morgan fingerprint density at radius 2 is 2.15 bits per heavy atom. The highest BCUT2D eigenvalue weighted by molar-refractivity contribution is 5.82. The predicted octanol–water partition coefficient (Wildman–Crippen LogP) is 1.11. The molecule has 1 aliphatic heterocycles. The molecule has 3 nitrogen and oxygen atoms in total. The number of aliphatic imine (C=N–C) groups is 1. The van der Waals surface area contributed by atoms with E-state index in [1.54, 1.807) is 0 Å². The molecule has 1 N–H and O–H groups in total. The van der Waals surface area contributed by atoms with Crippen molar-refractivity contribution in [2.75, 3.05) is 33.7 Å². The minimum atomic E-state index is 1.02. The molecule has 1 heterocycles. The Hall–Kier alpha value is -0.570. The third-order valence-corrected chi connectivity index (χ3v) is 2.26. The van der Waals surface area contributed by atoms with Crippen LogP contribution in [-0.4, -0.2) is 44.5 Å². The molecule has 0 aromatic rings. The van der Waals surface area contributed by atoms with Crippen molar-refractivity contribution < 1.29 is 0 Å². The van der Waals surface area contributed by atoms with E-state index in [-0.39, 0.29) is 0 Å². The van der Waals surface area contributed by atoms with Crippen LogP contribution in [0, 0.1) is 0 Å². The fraction of sp³-hybridized carbons (Fsp3) is 0.900. The molecule has 0 aliphatic carbocycles. The Morgan fingerprint density at radius 3 is 2.92 bits per heavy atom. The molecule has 13 heavy (non-hydrogen) atoms. The zero-order valence-electron chi connectivity index (χ0n) is 8.84. The highest BCUT2D eigenvalue weighted by Crippen LogP contribution is 2.05. The van der Waals surface area contributed by atoms with Gasteiger partial charge in [0.15, 0.2) is 0 Å². The molecule has 0 fully saturated rings. The summed E-state index contributed by atoms with van der Waals surface area (Å²) in [6.45, 7) is 3.12. The maximum Gasteiger partial charge on any atom is 0.0963 e. The number of likely N-dealkylation sites (N-methyl/N-ethyl adjacent to an activating group) is 1. The summed E-state index contributed by atoms with van der Waals surface area (Å²) < 4.78 is 0. The topological polar surface area (TPSA) is 27.6 Å². The number of nitrogens with zero attached hydrogens (tertiary/aromatic N) is 2. The van der Waals surface area contributed by atoms with Gasteiger partial charge in [-0.3, -0.25) is 4.99 Å². The molecule has 0 atom stereocenters. The Bertz CT molecular complexity index is 164. The standard InChI is InChI=1S/C10H21N3/c1-13(2)9-8-12-10-6-4-3-5-7-11-10/h3-9H2,1-2H3,(H,11,12). The van der Waals surface area contributed by atoms with Gasteiger partial charge in [0.25, 0.3) is 0 Å². The normalized spacial score (nSPS) is 18.2. The van der Waals surface area contributed by atoms with E-state index in [2.05, 4.69) is 29.3 Å². The molecule has 1 aliphatic rings. The van der Waals surface area contributed by atoms with Gasteiger partial charge < -0.3 is 10.2 Å². The van der Waals surface area contributed by atoms with E-state index >= 15 is 0 Å². The third-order valence-electron chi connectivity index (χ3n) is 2.26. The van der Waals surface area contributed by atoms with E-state index in [1.807, 2.05) is 0 Å². The lowest BCUT2D eigenvalue weighted by Crippen LogP contribution is -2.31. The summed E-state index contributed by atoms with van der Waals surface area (Å²) in [5.41, 5.74) is 0. The molecular formula is C10H21N3. The van der Waals surface area contributed by atoms with Crippen molar-refractivity contribution in [2.24, 2.45) is 4.99 Å². The Labute approximate surface area is 81.2 Å². The zero-order valence-corrected chi connectivity index (χ0v) is 8.84. The van der Waals surface area contributed by atoms with Crippen molar-refractivity contribution >= 4 is 5.84 Å². The van der Waals surface area contributed by atoms with E-state index in [1.165, 1.54) is 25.1 Å². The second kappa shape index (κ2) is 5.97. The lowest BCUT2D eigenvalue weighted by atomic mass is 10.2. The Balaban J connectivity index is 2.15. The smallest absolute Gasteiger partial charge is 0.0963 e. The highest BCUT2D eigenvalue weighted by atomic mass is 15.1. The first-order valence-electron chi connectivity index (χ1n) is 5.21. The second-order valence-corrected chi connectivity index (χ2v) is 3.87. The van der Waals surface area contributed by atoms with Crippen molar-refractivity contribution in [1.29, 1.82) is 0 Å². The summed E-state index contributed by atoms with van der Waals surface area (Å²) in [6.07, 6.45) is 5.04. The number of hydrogen-bond donors (Lipinski definition) is 1. The highest BCUT2D eigenvalue weighted by Gasteiger charge is 2.02. The van der Waals surface area contributed by atoms with Gasteiger partial charge in [-0.15, -0.1) is 0 Å². The van der Waals surface area contributed by atoms with Crippen LogP contribution < -0.4 is 5.32 Å². The van der Waals surface area contributed by atoms with Gasteiger partial charge in [-0.05, 0) is 26.9 Å². The van der Waals surface area contributed by atoms with Crippen LogP contribution in [0.1, 0.15) is 25.7 Å². The number of nitrogens with one attached hydrogen (secondary N) is 1. The largest absolute Gasteiger partial charge is 0.373 e. The first-order valence-corrected chi connectivity index (χ1v) is 5.21. The number of hydrogen-bond acceptors (Lipinski definition) is 3. The molecule has 1 rings (SSSR count). The fourth-order valence-electron chi connectivity index (χ4n) is 1.44. The van der Waals surface area contributed by atoms with Crippen molar-refractivity contribution in [1.82, 2.24) is 10.2 Å². The van der Waals surface area contributed by atoms with Crippen LogP contribution in [0.5, 0.6) is 0 Å². The third kappa shape index (κ3) is 4.88. The number of amidine groups is 1. The van der Waals surface area contributed by atoms with E-state index in [0.29, 0.717) is 0 Å². The van der Waals surface area contributed by atoms with Crippen LogP contribution in [0.2, 0.25) is 0 Å². The summed E-state index contributed by atoms with van der Waals surface area (Å²) in [5.74, 6) is 1.22. The fourth-order valence-corrected chi connectivity index (χ4v) is 1.44. The van der Waals surface area contributed by atoms with Gasteiger partial charge >= 0.3 is 0 Å². The average Bonchev–Trinajstić information content (AvgIpc) is 2.32. The second-order valence-electron chi connectivity index (χ2n) is 3.87. The minimum Gasteiger partial charge on any atom is -0.373 e. The molecule has 0 spiro atoms. The first kappa shape index (κ1) is 10.5. The van der Waals surface area contributed by atoms with E-state index in [4.69, 9.17) is 0 Å². The van der Waals surface area contributed by atoms with Crippen LogP contribution in [0.3, 0.4) is 0 Å². The molecule has 3 heteroatoms. The van der Waals surface area contributed by atoms with Gasteiger partial charge in [0.2, 0.25) is 0 Å². The van der Waals surface area contributed by atoms with Crippen LogP contribution in [0.15, 0.2) is 4.99 Å². The molecule has 0 radical (unpaired) electrons. The molecule has 0 aromatic heterocycles. The lowest BCUT2D eigenvalue weighted by molar-refractivity contribution is 0.412. The molecule has 0 amide bonds. The molecule has 0 bridgehead atoms. The summed E-state index contributed by atoms with van der Waals surface area (Å²) in [6, 6.07) is 0. The summed E-state index contributed by atoms with van der Waals surface area (Å²) in [7, 11) is 4.19. The maximum absolute atomic E-state index is 4.51. The zero-order chi connectivity index (χ0) is 9.52. The van der Waals surface area contributed by atoms with Crippen molar-refractivity contribution in [3.63, 3.8) is 0 Å². The summed E-state index contributed by atoms with van der Waals surface area (Å²) in [5, 5.41) is 3.40. The Kier molecular flexibility index (Phi) is 4.83. The van der Waals surface area contributed by atoms with E-state index in [9.17, 15) is 0 Å². The molecule has 0 unspecified atom stereocenters. The minimum absolute atomic E-state index is 1.02. The van der Waals surface area contributed by atoms with Crippen LogP contribution in [0.25, 0.3) is 0 Å². The Morgan fingerprint density at radius 1 is 1.31 bits per heavy atom. The van der Waals surface area contributed by atoms with E-state index in [0.717, 1.165) is 26.1 Å². The number of rotatable bonds is 3. The first-order chi connectivity index (χ1) is 6.29. The van der Waals surface area contributed by atoms with Gasteiger partial charge in [-0.2, -0.15) is 0 Å². The van der Waals surface area contributed by atoms with Gasteiger partial charge in [0.1, 0.15) is 0 Å². The van der Waals surface area contributed by atoms with Crippen LogP contribution in [-0.2, 0) is 0 Å². The summed E-state index contributed by atoms with van der Waals surface area (Å²) >= 11 is 0.